The molecule has 2 heterocycles. The van der Waals surface area contributed by atoms with E-state index in [0.717, 1.165) is 11.3 Å². The molecule has 1 aromatic rings. The third-order valence-electron chi connectivity index (χ3n) is 4.30. The Morgan fingerprint density at radius 3 is 2.65 bits per heavy atom. The van der Waals surface area contributed by atoms with Crippen molar-refractivity contribution in [3.05, 3.63) is 28.8 Å². The molecule has 0 bridgehead atoms. The van der Waals surface area contributed by atoms with E-state index in [1.807, 2.05) is 0 Å². The van der Waals surface area contributed by atoms with Crippen molar-refractivity contribution in [1.29, 1.82) is 0 Å². The number of carbonyl (C=O) groups excluding carboxylic acids is 4. The molecule has 0 radical (unpaired) electrons. The van der Waals surface area contributed by atoms with Crippen molar-refractivity contribution in [1.82, 2.24) is 10.2 Å². The Hall–Kier alpha value is -2.61. The predicted molar refractivity (Wildman–Crippen MR) is 93.0 cm³/mol. The van der Waals surface area contributed by atoms with Gasteiger partial charge in [0.2, 0.25) is 5.91 Å². The minimum Gasteiger partial charge on any atom is -0.449 e. The molecule has 2 saturated heterocycles. The molecule has 0 aliphatic carbocycles. The SMILES string of the molecule is C[C@@H](OC(=O)c1ccc(Cl)c(N2CCCC2=O)c1)C(=O)N1CCNC1=O. The van der Waals surface area contributed by atoms with Crippen molar-refractivity contribution in [2.75, 3.05) is 24.5 Å². The van der Waals surface area contributed by atoms with Crippen LogP contribution in [0, 0.1) is 0 Å². The standard InChI is InChI=1S/C17H18ClN3O5/c1-10(15(23)21-8-6-19-17(21)25)26-16(24)11-4-5-12(18)13(9-11)20-7-2-3-14(20)22/h4-5,9-10H,2-3,6-8H2,1H3,(H,19,25)/t10-/m1/s1. The first-order valence-corrected chi connectivity index (χ1v) is 8.66. The monoisotopic (exact) mass is 379 g/mol. The number of urea groups is 1. The number of amides is 4. The third kappa shape index (κ3) is 3.50. The highest BCUT2D eigenvalue weighted by Gasteiger charge is 2.32. The zero-order valence-electron chi connectivity index (χ0n) is 14.2. The van der Waals surface area contributed by atoms with E-state index in [1.54, 1.807) is 0 Å². The molecule has 9 heteroatoms. The number of hydrogen-bond donors (Lipinski definition) is 1. The molecule has 26 heavy (non-hydrogen) atoms. The van der Waals surface area contributed by atoms with Gasteiger partial charge in [-0.3, -0.25) is 14.5 Å². The molecule has 0 aromatic heterocycles. The Bertz CT molecular complexity index is 782. The van der Waals surface area contributed by atoms with E-state index < -0.39 is 24.0 Å². The average molecular weight is 380 g/mol. The first-order chi connectivity index (χ1) is 12.4. The largest absolute Gasteiger partial charge is 0.449 e. The van der Waals surface area contributed by atoms with Crippen LogP contribution < -0.4 is 10.2 Å². The topological polar surface area (TPSA) is 96.0 Å². The number of rotatable bonds is 4. The van der Waals surface area contributed by atoms with E-state index in [-0.39, 0.29) is 18.0 Å². The molecule has 0 spiro atoms. The summed E-state index contributed by atoms with van der Waals surface area (Å²) in [5.74, 6) is -1.37. The first kappa shape index (κ1) is 18.2. The molecule has 2 fully saturated rings. The van der Waals surface area contributed by atoms with E-state index in [0.29, 0.717) is 30.2 Å². The maximum absolute atomic E-state index is 12.4. The highest BCUT2D eigenvalue weighted by atomic mass is 35.5. The van der Waals surface area contributed by atoms with Crippen LogP contribution in [-0.2, 0) is 14.3 Å². The molecule has 1 N–H and O–H groups in total. The number of hydrogen-bond acceptors (Lipinski definition) is 5. The van der Waals surface area contributed by atoms with E-state index in [1.165, 1.54) is 30.0 Å². The van der Waals surface area contributed by atoms with Crippen LogP contribution in [0.4, 0.5) is 10.5 Å². The minimum absolute atomic E-state index is 0.0546. The summed E-state index contributed by atoms with van der Waals surface area (Å²) in [5, 5.41) is 2.87. The second kappa shape index (κ2) is 7.33. The van der Waals surface area contributed by atoms with Crippen LogP contribution in [0.2, 0.25) is 5.02 Å². The highest BCUT2D eigenvalue weighted by Crippen LogP contribution is 2.30. The maximum Gasteiger partial charge on any atom is 0.338 e. The normalized spacial score (nSPS) is 18.1. The van der Waals surface area contributed by atoms with Gasteiger partial charge in [-0.2, -0.15) is 0 Å². The zero-order valence-corrected chi connectivity index (χ0v) is 14.9. The summed E-state index contributed by atoms with van der Waals surface area (Å²) in [4.78, 5) is 50.6. The van der Waals surface area contributed by atoms with E-state index in [2.05, 4.69) is 5.32 Å². The molecule has 1 aromatic carbocycles. The van der Waals surface area contributed by atoms with Gasteiger partial charge in [-0.1, -0.05) is 11.6 Å². The Labute approximate surface area is 155 Å². The molecule has 2 aliphatic rings. The second-order valence-electron chi connectivity index (χ2n) is 6.08. The third-order valence-corrected chi connectivity index (χ3v) is 4.62. The second-order valence-corrected chi connectivity index (χ2v) is 6.49. The number of nitrogens with zero attached hydrogens (tertiary/aromatic N) is 2. The van der Waals surface area contributed by atoms with Crippen LogP contribution >= 0.6 is 11.6 Å². The number of imide groups is 1. The summed E-state index contributed by atoms with van der Waals surface area (Å²) < 4.78 is 5.19. The number of ether oxygens (including phenoxy) is 1. The Morgan fingerprint density at radius 1 is 1.27 bits per heavy atom. The predicted octanol–water partition coefficient (Wildman–Crippen LogP) is 1.56. The van der Waals surface area contributed by atoms with Crippen LogP contribution in [0.25, 0.3) is 0 Å². The summed E-state index contributed by atoms with van der Waals surface area (Å²) in [6, 6.07) is 3.96. The Kier molecular flexibility index (Phi) is 5.13. The van der Waals surface area contributed by atoms with Gasteiger partial charge in [0.1, 0.15) is 0 Å². The molecule has 3 rings (SSSR count). The molecule has 1 atom stereocenters. The van der Waals surface area contributed by atoms with E-state index >= 15 is 0 Å². The fourth-order valence-electron chi connectivity index (χ4n) is 2.93. The lowest BCUT2D eigenvalue weighted by Crippen LogP contribution is -2.41. The summed E-state index contributed by atoms with van der Waals surface area (Å²) in [6.07, 6.45) is 0.0562. The van der Waals surface area contributed by atoms with Crippen LogP contribution in [0.1, 0.15) is 30.1 Å². The molecular formula is C17H18ClN3O5. The van der Waals surface area contributed by atoms with Crippen molar-refractivity contribution in [2.45, 2.75) is 25.9 Å². The molecule has 0 saturated carbocycles. The lowest BCUT2D eigenvalue weighted by atomic mass is 10.2. The fraction of sp³-hybridized carbons (Fsp3) is 0.412. The van der Waals surface area contributed by atoms with Crippen LogP contribution in [0.5, 0.6) is 0 Å². The molecule has 138 valence electrons. The quantitative estimate of drug-likeness (QED) is 0.801. The van der Waals surface area contributed by atoms with Crippen LogP contribution in [0.15, 0.2) is 18.2 Å². The molecular weight excluding hydrogens is 362 g/mol. The number of anilines is 1. The molecule has 0 unspecified atom stereocenters. The van der Waals surface area contributed by atoms with E-state index in [4.69, 9.17) is 16.3 Å². The van der Waals surface area contributed by atoms with Crippen molar-refractivity contribution in [3.8, 4) is 0 Å². The van der Waals surface area contributed by atoms with Gasteiger partial charge in [0, 0.05) is 26.1 Å². The Morgan fingerprint density at radius 2 is 2.04 bits per heavy atom. The van der Waals surface area contributed by atoms with Crippen molar-refractivity contribution in [2.24, 2.45) is 0 Å². The first-order valence-electron chi connectivity index (χ1n) is 8.28. The van der Waals surface area contributed by atoms with Crippen LogP contribution in [0.3, 0.4) is 0 Å². The lowest BCUT2D eigenvalue weighted by Gasteiger charge is -2.20. The van der Waals surface area contributed by atoms with Gasteiger partial charge in [-0.15, -0.1) is 0 Å². The smallest absolute Gasteiger partial charge is 0.338 e. The maximum atomic E-state index is 12.4. The van der Waals surface area contributed by atoms with Gasteiger partial charge in [0.05, 0.1) is 16.3 Å². The fourth-order valence-corrected chi connectivity index (χ4v) is 3.15. The average Bonchev–Trinajstić information content (AvgIpc) is 3.22. The van der Waals surface area contributed by atoms with E-state index in [9.17, 15) is 19.2 Å². The number of benzene rings is 1. The Balaban J connectivity index is 1.72. The van der Waals surface area contributed by atoms with Gasteiger partial charge in [0.15, 0.2) is 6.10 Å². The minimum atomic E-state index is -1.11. The van der Waals surface area contributed by atoms with Crippen molar-refractivity contribution < 1.29 is 23.9 Å². The molecule has 4 amide bonds. The summed E-state index contributed by atoms with van der Waals surface area (Å²) in [5.41, 5.74) is 0.621. The number of carbonyl (C=O) groups is 4. The lowest BCUT2D eigenvalue weighted by molar-refractivity contribution is -0.136. The van der Waals surface area contributed by atoms with Gasteiger partial charge in [-0.25, -0.2) is 9.59 Å². The number of halogens is 1. The zero-order chi connectivity index (χ0) is 18.8. The van der Waals surface area contributed by atoms with Gasteiger partial charge >= 0.3 is 12.0 Å². The number of esters is 1. The van der Waals surface area contributed by atoms with Gasteiger partial charge < -0.3 is 15.0 Å². The summed E-state index contributed by atoms with van der Waals surface area (Å²) in [6.45, 7) is 2.56. The van der Waals surface area contributed by atoms with Gasteiger partial charge in [-0.05, 0) is 31.5 Å². The van der Waals surface area contributed by atoms with Gasteiger partial charge in [0.25, 0.3) is 5.91 Å². The van der Waals surface area contributed by atoms with Crippen molar-refractivity contribution in [3.63, 3.8) is 0 Å². The summed E-state index contributed by atoms with van der Waals surface area (Å²) >= 11 is 6.15. The molecule has 8 nitrogen and oxygen atoms in total. The molecule has 2 aliphatic heterocycles. The number of nitrogens with one attached hydrogen (secondary N) is 1. The van der Waals surface area contributed by atoms with Crippen molar-refractivity contribution >= 4 is 41.1 Å². The van der Waals surface area contributed by atoms with Crippen LogP contribution in [-0.4, -0.2) is 54.5 Å². The highest BCUT2D eigenvalue weighted by molar-refractivity contribution is 6.34. The summed E-state index contributed by atoms with van der Waals surface area (Å²) in [7, 11) is 0.